The van der Waals surface area contributed by atoms with Gasteiger partial charge in [-0.1, -0.05) is 11.6 Å². The molecule has 2 rings (SSSR count). The van der Waals surface area contributed by atoms with E-state index in [1.807, 2.05) is 0 Å². The maximum Gasteiger partial charge on any atom is 0.226 e. The summed E-state index contributed by atoms with van der Waals surface area (Å²) in [6.07, 6.45) is 0.148. The fourth-order valence-electron chi connectivity index (χ4n) is 2.37. The Morgan fingerprint density at radius 3 is 1.92 bits per heavy atom. The van der Waals surface area contributed by atoms with Crippen LogP contribution in [0.15, 0.2) is 48.5 Å². The van der Waals surface area contributed by atoms with Crippen LogP contribution in [0.5, 0.6) is 0 Å². The SMILES string of the molecule is CC(=O)Nc1ccc(NC(=O)CCN(C(C)=O)c2ccc(Cl)cc2)cc1. The molecule has 7 heteroatoms. The molecule has 26 heavy (non-hydrogen) atoms. The summed E-state index contributed by atoms with van der Waals surface area (Å²) in [4.78, 5) is 36.5. The predicted molar refractivity (Wildman–Crippen MR) is 103 cm³/mol. The Labute approximate surface area is 157 Å². The molecule has 0 spiro atoms. The number of hydrogen-bond acceptors (Lipinski definition) is 3. The molecular formula is C19H20ClN3O3. The number of rotatable bonds is 6. The number of carbonyl (C=O) groups excluding carboxylic acids is 3. The van der Waals surface area contributed by atoms with Crippen molar-refractivity contribution in [2.24, 2.45) is 0 Å². The molecule has 2 aromatic rings. The van der Waals surface area contributed by atoms with Crippen molar-refractivity contribution in [3.05, 3.63) is 53.6 Å². The van der Waals surface area contributed by atoms with Gasteiger partial charge in [0.25, 0.3) is 0 Å². The van der Waals surface area contributed by atoms with Crippen molar-refractivity contribution in [3.8, 4) is 0 Å². The van der Waals surface area contributed by atoms with E-state index < -0.39 is 0 Å². The van der Waals surface area contributed by atoms with Gasteiger partial charge in [-0.05, 0) is 48.5 Å². The van der Waals surface area contributed by atoms with Crippen molar-refractivity contribution >= 4 is 46.4 Å². The second-order valence-corrected chi connectivity index (χ2v) is 6.14. The molecule has 6 nitrogen and oxygen atoms in total. The zero-order valence-electron chi connectivity index (χ0n) is 14.6. The summed E-state index contributed by atoms with van der Waals surface area (Å²) >= 11 is 5.86. The minimum atomic E-state index is -0.211. The number of nitrogens with zero attached hydrogens (tertiary/aromatic N) is 1. The van der Waals surface area contributed by atoms with Gasteiger partial charge in [-0.15, -0.1) is 0 Å². The maximum atomic E-state index is 12.1. The second-order valence-electron chi connectivity index (χ2n) is 5.70. The minimum absolute atomic E-state index is 0.148. The fourth-order valence-corrected chi connectivity index (χ4v) is 2.49. The van der Waals surface area contributed by atoms with Crippen LogP contribution in [-0.2, 0) is 14.4 Å². The minimum Gasteiger partial charge on any atom is -0.326 e. The van der Waals surface area contributed by atoms with Crippen molar-refractivity contribution in [3.63, 3.8) is 0 Å². The first-order valence-electron chi connectivity index (χ1n) is 8.06. The molecule has 0 saturated carbocycles. The summed E-state index contributed by atoms with van der Waals surface area (Å²) in [5, 5.41) is 6.00. The van der Waals surface area contributed by atoms with Crippen molar-refractivity contribution in [2.45, 2.75) is 20.3 Å². The van der Waals surface area contributed by atoms with Crippen LogP contribution in [0.1, 0.15) is 20.3 Å². The van der Waals surface area contributed by atoms with Crippen LogP contribution in [0.25, 0.3) is 0 Å². The largest absolute Gasteiger partial charge is 0.326 e. The van der Waals surface area contributed by atoms with Crippen LogP contribution in [0.2, 0.25) is 5.02 Å². The van der Waals surface area contributed by atoms with Gasteiger partial charge in [0.05, 0.1) is 0 Å². The maximum absolute atomic E-state index is 12.1. The molecule has 0 radical (unpaired) electrons. The summed E-state index contributed by atoms with van der Waals surface area (Å²) in [6.45, 7) is 3.14. The van der Waals surface area contributed by atoms with Crippen LogP contribution in [0.4, 0.5) is 17.1 Å². The molecule has 0 atom stereocenters. The Hall–Kier alpha value is -2.86. The molecule has 0 heterocycles. The van der Waals surface area contributed by atoms with Gasteiger partial charge in [0.1, 0.15) is 0 Å². The Balaban J connectivity index is 1.92. The highest BCUT2D eigenvalue weighted by atomic mass is 35.5. The van der Waals surface area contributed by atoms with Gasteiger partial charge in [0.2, 0.25) is 17.7 Å². The smallest absolute Gasteiger partial charge is 0.226 e. The Morgan fingerprint density at radius 2 is 1.42 bits per heavy atom. The molecule has 2 N–H and O–H groups in total. The van der Waals surface area contributed by atoms with Crippen LogP contribution < -0.4 is 15.5 Å². The van der Waals surface area contributed by atoms with Gasteiger partial charge < -0.3 is 15.5 Å². The van der Waals surface area contributed by atoms with Crippen LogP contribution in [0, 0.1) is 0 Å². The Kier molecular flexibility index (Phi) is 6.74. The zero-order chi connectivity index (χ0) is 19.1. The summed E-state index contributed by atoms with van der Waals surface area (Å²) in [6, 6.07) is 13.7. The Bertz CT molecular complexity index is 789. The summed E-state index contributed by atoms with van der Waals surface area (Å²) in [5.41, 5.74) is 1.96. The first-order chi connectivity index (χ1) is 12.3. The lowest BCUT2D eigenvalue weighted by molar-refractivity contribution is -0.117. The van der Waals surface area contributed by atoms with E-state index in [1.54, 1.807) is 48.5 Å². The van der Waals surface area contributed by atoms with Gasteiger partial charge in [-0.2, -0.15) is 0 Å². The number of halogens is 1. The molecule has 0 aromatic heterocycles. The normalized spacial score (nSPS) is 10.1. The first-order valence-corrected chi connectivity index (χ1v) is 8.44. The lowest BCUT2D eigenvalue weighted by Crippen LogP contribution is -2.31. The molecule has 0 aliphatic carbocycles. The number of benzene rings is 2. The molecule has 3 amide bonds. The lowest BCUT2D eigenvalue weighted by Gasteiger charge is -2.21. The molecule has 0 bridgehead atoms. The highest BCUT2D eigenvalue weighted by Crippen LogP contribution is 2.19. The number of nitrogens with one attached hydrogen (secondary N) is 2. The van der Waals surface area contributed by atoms with E-state index in [2.05, 4.69) is 10.6 Å². The van der Waals surface area contributed by atoms with Gasteiger partial charge in [0, 0.05) is 48.9 Å². The third-order valence-electron chi connectivity index (χ3n) is 3.57. The van der Waals surface area contributed by atoms with E-state index in [1.165, 1.54) is 18.7 Å². The fraction of sp³-hybridized carbons (Fsp3) is 0.211. The van der Waals surface area contributed by atoms with E-state index in [4.69, 9.17) is 11.6 Å². The molecular weight excluding hydrogens is 354 g/mol. The van der Waals surface area contributed by atoms with Gasteiger partial charge in [-0.3, -0.25) is 14.4 Å². The third kappa shape index (κ3) is 5.89. The second kappa shape index (κ2) is 9.01. The number of amides is 3. The van der Waals surface area contributed by atoms with Gasteiger partial charge >= 0.3 is 0 Å². The van der Waals surface area contributed by atoms with Crippen LogP contribution >= 0.6 is 11.6 Å². The molecule has 0 saturated heterocycles. The lowest BCUT2D eigenvalue weighted by atomic mass is 10.2. The highest BCUT2D eigenvalue weighted by Gasteiger charge is 2.13. The monoisotopic (exact) mass is 373 g/mol. The quantitative estimate of drug-likeness (QED) is 0.810. The van der Waals surface area contributed by atoms with Crippen LogP contribution in [-0.4, -0.2) is 24.3 Å². The highest BCUT2D eigenvalue weighted by molar-refractivity contribution is 6.30. The van der Waals surface area contributed by atoms with E-state index in [9.17, 15) is 14.4 Å². The topological polar surface area (TPSA) is 78.5 Å². The molecule has 0 aliphatic heterocycles. The number of carbonyl (C=O) groups is 3. The van der Waals surface area contributed by atoms with Crippen LogP contribution in [0.3, 0.4) is 0 Å². The summed E-state index contributed by atoms with van der Waals surface area (Å²) in [7, 11) is 0. The summed E-state index contributed by atoms with van der Waals surface area (Å²) < 4.78 is 0. The van der Waals surface area contributed by atoms with Gasteiger partial charge in [-0.25, -0.2) is 0 Å². The van der Waals surface area contributed by atoms with E-state index in [0.717, 1.165) is 0 Å². The summed E-state index contributed by atoms with van der Waals surface area (Å²) in [5.74, 6) is -0.523. The predicted octanol–water partition coefficient (Wildman–Crippen LogP) is 3.68. The van der Waals surface area contributed by atoms with E-state index in [-0.39, 0.29) is 30.7 Å². The van der Waals surface area contributed by atoms with Crippen molar-refractivity contribution in [2.75, 3.05) is 22.1 Å². The number of anilines is 3. The van der Waals surface area contributed by atoms with Crippen molar-refractivity contribution in [1.82, 2.24) is 0 Å². The zero-order valence-corrected chi connectivity index (χ0v) is 15.3. The average molecular weight is 374 g/mol. The van der Waals surface area contributed by atoms with E-state index in [0.29, 0.717) is 22.1 Å². The first kappa shape index (κ1) is 19.5. The Morgan fingerprint density at radius 1 is 0.885 bits per heavy atom. The molecule has 2 aromatic carbocycles. The van der Waals surface area contributed by atoms with E-state index >= 15 is 0 Å². The molecule has 0 fully saturated rings. The third-order valence-corrected chi connectivity index (χ3v) is 3.82. The molecule has 0 aliphatic rings. The van der Waals surface area contributed by atoms with Crippen molar-refractivity contribution in [1.29, 1.82) is 0 Å². The average Bonchev–Trinajstić information content (AvgIpc) is 2.57. The van der Waals surface area contributed by atoms with Gasteiger partial charge in [0.15, 0.2) is 0 Å². The molecule has 0 unspecified atom stereocenters. The standard InChI is InChI=1S/C19H20ClN3O3/c1-13(24)21-16-5-7-17(8-6-16)22-19(26)11-12-23(14(2)25)18-9-3-15(20)4-10-18/h3-10H,11-12H2,1-2H3,(H,21,24)(H,22,26). The molecule has 136 valence electrons. The van der Waals surface area contributed by atoms with Crippen molar-refractivity contribution < 1.29 is 14.4 Å². The number of hydrogen-bond donors (Lipinski definition) is 2.